The molecule has 1 unspecified atom stereocenters. The lowest BCUT2D eigenvalue weighted by Gasteiger charge is -2.39. The van der Waals surface area contributed by atoms with Gasteiger partial charge in [0, 0.05) is 20.2 Å². The number of likely N-dealkylation sites (tertiary alicyclic amines) is 1. The van der Waals surface area contributed by atoms with E-state index in [1.165, 1.54) is 0 Å². The highest BCUT2D eigenvalue weighted by Crippen LogP contribution is 2.26. The van der Waals surface area contributed by atoms with Crippen molar-refractivity contribution in [1.29, 1.82) is 0 Å². The van der Waals surface area contributed by atoms with Crippen molar-refractivity contribution in [2.24, 2.45) is 0 Å². The molecule has 1 aliphatic rings. The van der Waals surface area contributed by atoms with Gasteiger partial charge < -0.3 is 9.64 Å². The molecule has 2 rings (SSSR count). The van der Waals surface area contributed by atoms with Crippen LogP contribution in [0.25, 0.3) is 0 Å². The van der Waals surface area contributed by atoms with Crippen molar-refractivity contribution < 1.29 is 9.53 Å². The summed E-state index contributed by atoms with van der Waals surface area (Å²) in [6.07, 6.45) is 1.90. The van der Waals surface area contributed by atoms with Crippen LogP contribution in [0.4, 0.5) is 0 Å². The van der Waals surface area contributed by atoms with Crippen LogP contribution in [-0.2, 0) is 4.74 Å². The van der Waals surface area contributed by atoms with E-state index in [0.29, 0.717) is 16.0 Å². The predicted octanol–water partition coefficient (Wildman–Crippen LogP) is 1.83. The molecule has 5 nitrogen and oxygen atoms in total. The maximum atomic E-state index is 12.1. The van der Waals surface area contributed by atoms with Gasteiger partial charge in [-0.05, 0) is 31.4 Å². The Hall–Kier alpha value is -0.720. The second-order valence-electron chi connectivity index (χ2n) is 4.34. The smallest absolute Gasteiger partial charge is 0.284 e. The second-order valence-corrected chi connectivity index (χ2v) is 5.90. The Kier molecular flexibility index (Phi) is 3.65. The van der Waals surface area contributed by atoms with Gasteiger partial charge in [-0.25, -0.2) is 0 Å². The van der Waals surface area contributed by atoms with E-state index >= 15 is 0 Å². The fourth-order valence-corrected chi connectivity index (χ4v) is 2.77. The average molecular weight is 276 g/mol. The van der Waals surface area contributed by atoms with Gasteiger partial charge in [-0.2, -0.15) is 0 Å². The number of aromatic nitrogens is 2. The van der Waals surface area contributed by atoms with E-state index in [2.05, 4.69) is 10.2 Å². The summed E-state index contributed by atoms with van der Waals surface area (Å²) in [5, 5.41) is 7.76. The Morgan fingerprint density at radius 1 is 1.59 bits per heavy atom. The van der Waals surface area contributed by atoms with Crippen molar-refractivity contribution in [3.63, 3.8) is 0 Å². The van der Waals surface area contributed by atoms with Crippen LogP contribution in [0.3, 0.4) is 0 Å². The summed E-state index contributed by atoms with van der Waals surface area (Å²) in [6.45, 7) is 3.33. The maximum Gasteiger partial charge on any atom is 0.284 e. The summed E-state index contributed by atoms with van der Waals surface area (Å²) in [6, 6.07) is 0. The minimum Gasteiger partial charge on any atom is -0.377 e. The van der Waals surface area contributed by atoms with Crippen LogP contribution in [0, 0.1) is 0 Å². The summed E-state index contributed by atoms with van der Waals surface area (Å²) in [5.74, 6) is -0.114. The fraction of sp³-hybridized carbons (Fsp3) is 0.700. The van der Waals surface area contributed by atoms with Crippen LogP contribution in [0.15, 0.2) is 0 Å². The van der Waals surface area contributed by atoms with Gasteiger partial charge in [0.05, 0.1) is 5.60 Å². The zero-order valence-electron chi connectivity index (χ0n) is 9.77. The Labute approximate surface area is 109 Å². The molecule has 2 heterocycles. The molecule has 94 valence electrons. The molecule has 1 aromatic heterocycles. The highest BCUT2D eigenvalue weighted by Gasteiger charge is 2.34. The SMILES string of the molecule is COC1(C)CCCN(C(=O)c2nnc(Cl)s2)C1. The van der Waals surface area contributed by atoms with Crippen LogP contribution < -0.4 is 0 Å². The fourth-order valence-electron chi connectivity index (χ4n) is 1.97. The monoisotopic (exact) mass is 275 g/mol. The van der Waals surface area contributed by atoms with Crippen molar-refractivity contribution in [3.8, 4) is 0 Å². The van der Waals surface area contributed by atoms with E-state index in [1.54, 1.807) is 12.0 Å². The van der Waals surface area contributed by atoms with E-state index in [0.717, 1.165) is 30.7 Å². The van der Waals surface area contributed by atoms with Crippen LogP contribution in [-0.4, -0.2) is 46.8 Å². The quantitative estimate of drug-likeness (QED) is 0.826. The summed E-state index contributed by atoms with van der Waals surface area (Å²) >= 11 is 6.78. The van der Waals surface area contributed by atoms with Gasteiger partial charge in [-0.3, -0.25) is 4.79 Å². The number of piperidine rings is 1. The lowest BCUT2D eigenvalue weighted by molar-refractivity contribution is -0.0440. The summed E-state index contributed by atoms with van der Waals surface area (Å²) < 4.78 is 5.74. The van der Waals surface area contributed by atoms with Crippen molar-refractivity contribution in [2.75, 3.05) is 20.2 Å². The van der Waals surface area contributed by atoms with Gasteiger partial charge in [0.15, 0.2) is 0 Å². The number of methoxy groups -OCH3 is 1. The summed E-state index contributed by atoms with van der Waals surface area (Å²) in [7, 11) is 1.68. The molecular formula is C10H14ClN3O2S. The van der Waals surface area contributed by atoms with Crippen LogP contribution in [0.2, 0.25) is 4.47 Å². The molecule has 1 fully saturated rings. The number of amides is 1. The molecule has 1 amide bonds. The standard InChI is InChI=1S/C10H14ClN3O2S/c1-10(16-2)4-3-5-14(6-10)8(15)7-12-13-9(11)17-7/h3-6H2,1-2H3. The van der Waals surface area contributed by atoms with Gasteiger partial charge >= 0.3 is 0 Å². The maximum absolute atomic E-state index is 12.1. The highest BCUT2D eigenvalue weighted by molar-refractivity contribution is 7.17. The molecule has 0 bridgehead atoms. The van der Waals surface area contributed by atoms with E-state index in [4.69, 9.17) is 16.3 Å². The van der Waals surface area contributed by atoms with Gasteiger partial charge in [-0.1, -0.05) is 11.3 Å². The predicted molar refractivity (Wildman–Crippen MR) is 65.5 cm³/mol. The van der Waals surface area contributed by atoms with Gasteiger partial charge in [0.1, 0.15) is 0 Å². The first-order chi connectivity index (χ1) is 8.04. The number of hydrogen-bond acceptors (Lipinski definition) is 5. The summed E-state index contributed by atoms with van der Waals surface area (Å²) in [4.78, 5) is 13.9. The number of carbonyl (C=O) groups is 1. The molecule has 0 N–H and O–H groups in total. The zero-order chi connectivity index (χ0) is 12.5. The molecule has 7 heteroatoms. The number of hydrogen-bond donors (Lipinski definition) is 0. The molecule has 1 atom stereocenters. The minimum absolute atomic E-state index is 0.114. The Bertz CT molecular complexity index is 425. The Balaban J connectivity index is 2.10. The molecule has 0 spiro atoms. The first-order valence-corrected chi connectivity index (χ1v) is 6.57. The van der Waals surface area contributed by atoms with Gasteiger partial charge in [0.25, 0.3) is 5.91 Å². The van der Waals surface area contributed by atoms with E-state index in [-0.39, 0.29) is 11.5 Å². The Morgan fingerprint density at radius 3 is 2.94 bits per heavy atom. The molecule has 1 saturated heterocycles. The number of nitrogens with zero attached hydrogens (tertiary/aromatic N) is 3. The van der Waals surface area contributed by atoms with Gasteiger partial charge in [0.2, 0.25) is 9.47 Å². The molecule has 17 heavy (non-hydrogen) atoms. The first-order valence-electron chi connectivity index (χ1n) is 5.37. The third-order valence-electron chi connectivity index (χ3n) is 3.02. The Morgan fingerprint density at radius 2 is 2.35 bits per heavy atom. The average Bonchev–Trinajstić information content (AvgIpc) is 2.75. The van der Waals surface area contributed by atoms with Crippen molar-refractivity contribution >= 4 is 28.8 Å². The lowest BCUT2D eigenvalue weighted by atomic mass is 9.95. The number of halogens is 1. The van der Waals surface area contributed by atoms with E-state index in [9.17, 15) is 4.79 Å². The van der Waals surface area contributed by atoms with Crippen LogP contribution in [0.1, 0.15) is 29.6 Å². The van der Waals surface area contributed by atoms with Crippen LogP contribution >= 0.6 is 22.9 Å². The number of carbonyl (C=O) groups excluding carboxylic acids is 1. The van der Waals surface area contributed by atoms with Crippen molar-refractivity contribution in [3.05, 3.63) is 9.47 Å². The van der Waals surface area contributed by atoms with E-state index in [1.807, 2.05) is 6.92 Å². The molecule has 0 radical (unpaired) electrons. The topological polar surface area (TPSA) is 55.3 Å². The highest BCUT2D eigenvalue weighted by atomic mass is 35.5. The van der Waals surface area contributed by atoms with Crippen molar-refractivity contribution in [2.45, 2.75) is 25.4 Å². The van der Waals surface area contributed by atoms with Crippen molar-refractivity contribution in [1.82, 2.24) is 15.1 Å². The first kappa shape index (κ1) is 12.7. The largest absolute Gasteiger partial charge is 0.377 e. The molecule has 0 saturated carbocycles. The second kappa shape index (κ2) is 4.88. The molecular weight excluding hydrogens is 262 g/mol. The van der Waals surface area contributed by atoms with Crippen LogP contribution in [0.5, 0.6) is 0 Å². The zero-order valence-corrected chi connectivity index (χ0v) is 11.3. The van der Waals surface area contributed by atoms with E-state index < -0.39 is 0 Å². The third kappa shape index (κ3) is 2.75. The lowest BCUT2D eigenvalue weighted by Crippen LogP contribution is -2.49. The normalized spacial score (nSPS) is 25.0. The van der Waals surface area contributed by atoms with Gasteiger partial charge in [-0.15, -0.1) is 10.2 Å². The molecule has 0 aromatic carbocycles. The molecule has 0 aliphatic carbocycles. The number of ether oxygens (including phenoxy) is 1. The minimum atomic E-state index is -0.262. The summed E-state index contributed by atoms with van der Waals surface area (Å²) in [5.41, 5.74) is -0.262. The molecule has 1 aromatic rings. The third-order valence-corrected chi connectivity index (χ3v) is 4.03. The molecule has 1 aliphatic heterocycles. The number of rotatable bonds is 2.